The number of hydrogen-bond acceptors (Lipinski definition) is 3. The molecular formula is C22H35N3. The van der Waals surface area contributed by atoms with Gasteiger partial charge in [0.25, 0.3) is 0 Å². The number of nitrogens with zero attached hydrogens (tertiary/aromatic N) is 3. The molecule has 0 N–H and O–H groups in total. The van der Waals surface area contributed by atoms with Crippen LogP contribution >= 0.6 is 0 Å². The van der Waals surface area contributed by atoms with Crippen LogP contribution in [0.15, 0.2) is 55.2 Å². The van der Waals surface area contributed by atoms with Crippen LogP contribution in [0.1, 0.15) is 72.9 Å². The van der Waals surface area contributed by atoms with Gasteiger partial charge in [-0.1, -0.05) is 68.2 Å². The molecule has 0 unspecified atom stereocenters. The molecule has 0 atom stereocenters. The predicted molar refractivity (Wildman–Crippen MR) is 112 cm³/mol. The van der Waals surface area contributed by atoms with Gasteiger partial charge in [-0.05, 0) is 35.1 Å². The average molecular weight is 342 g/mol. The van der Waals surface area contributed by atoms with E-state index in [0.717, 1.165) is 5.52 Å². The lowest BCUT2D eigenvalue weighted by atomic mass is 10.0. The molecule has 2 aromatic heterocycles. The van der Waals surface area contributed by atoms with E-state index in [-0.39, 0.29) is 22.3 Å². The van der Waals surface area contributed by atoms with Gasteiger partial charge < -0.3 is 0 Å². The third-order valence-electron chi connectivity index (χ3n) is 3.53. The van der Waals surface area contributed by atoms with E-state index < -0.39 is 0 Å². The van der Waals surface area contributed by atoms with Crippen molar-refractivity contribution in [3.63, 3.8) is 0 Å². The fourth-order valence-corrected chi connectivity index (χ4v) is 2.01. The molecule has 25 heavy (non-hydrogen) atoms. The van der Waals surface area contributed by atoms with Gasteiger partial charge in [0.2, 0.25) is 0 Å². The van der Waals surface area contributed by atoms with Crippen LogP contribution in [-0.2, 0) is 0 Å². The number of aromatic nitrogens is 3. The fraction of sp³-hybridized carbons (Fsp3) is 0.409. The quantitative estimate of drug-likeness (QED) is 0.510. The standard InChI is InChI=1S/C12H13N.C7H10N2.3CH4/c1-9(2)11-7-10-5-3-4-6-12(10)13-8-11;1-6(2)7-3-8-5-9-4-7;;;/h3-9H,1-2H3;3-6H,1-2H3;3*1H4. The zero-order chi connectivity index (χ0) is 15.9. The van der Waals surface area contributed by atoms with Crippen LogP contribution in [0.3, 0.4) is 0 Å². The normalized spacial score (nSPS) is 9.36. The van der Waals surface area contributed by atoms with Crippen LogP contribution in [0.2, 0.25) is 0 Å². The molecule has 3 rings (SSSR count). The summed E-state index contributed by atoms with van der Waals surface area (Å²) in [5.74, 6) is 1.09. The summed E-state index contributed by atoms with van der Waals surface area (Å²) in [5.41, 5.74) is 3.57. The molecule has 3 nitrogen and oxygen atoms in total. The number of pyridine rings is 1. The van der Waals surface area contributed by atoms with Crippen LogP contribution in [0.5, 0.6) is 0 Å². The SMILES string of the molecule is C.C.C.CC(C)c1cnc2ccccc2c1.CC(C)c1cncnc1. The van der Waals surface area contributed by atoms with Crippen molar-refractivity contribution in [1.29, 1.82) is 0 Å². The smallest absolute Gasteiger partial charge is 0.115 e. The van der Waals surface area contributed by atoms with Crippen molar-refractivity contribution >= 4 is 10.9 Å². The first-order valence-electron chi connectivity index (χ1n) is 7.67. The summed E-state index contributed by atoms with van der Waals surface area (Å²) in [5, 5.41) is 1.23. The van der Waals surface area contributed by atoms with E-state index in [2.05, 4.69) is 54.8 Å². The number of para-hydroxylation sites is 1. The van der Waals surface area contributed by atoms with Gasteiger partial charge in [0, 0.05) is 24.0 Å². The van der Waals surface area contributed by atoms with E-state index >= 15 is 0 Å². The minimum Gasteiger partial charge on any atom is -0.256 e. The summed E-state index contributed by atoms with van der Waals surface area (Å²) in [6.45, 7) is 8.62. The number of fused-ring (bicyclic) bond motifs is 1. The Balaban J connectivity index is 0. The molecule has 1 aromatic carbocycles. The summed E-state index contributed by atoms with van der Waals surface area (Å²) < 4.78 is 0. The van der Waals surface area contributed by atoms with Crippen molar-refractivity contribution in [2.45, 2.75) is 61.8 Å². The second-order valence-electron chi connectivity index (χ2n) is 5.94. The molecule has 138 valence electrons. The Bertz CT molecular complexity index is 707. The van der Waals surface area contributed by atoms with Gasteiger partial charge in [-0.25, -0.2) is 9.97 Å². The Morgan fingerprint density at radius 3 is 1.80 bits per heavy atom. The zero-order valence-electron chi connectivity index (χ0n) is 13.7. The maximum absolute atomic E-state index is 4.40. The second kappa shape index (κ2) is 12.1. The van der Waals surface area contributed by atoms with Gasteiger partial charge >= 0.3 is 0 Å². The molecule has 0 saturated heterocycles. The van der Waals surface area contributed by atoms with E-state index in [1.807, 2.05) is 36.8 Å². The highest BCUT2D eigenvalue weighted by Gasteiger charge is 2.00. The van der Waals surface area contributed by atoms with Crippen molar-refractivity contribution in [3.8, 4) is 0 Å². The summed E-state index contributed by atoms with van der Waals surface area (Å²) >= 11 is 0. The maximum atomic E-state index is 4.40. The minimum atomic E-state index is 0. The zero-order valence-corrected chi connectivity index (χ0v) is 13.7. The highest BCUT2D eigenvalue weighted by Crippen LogP contribution is 2.18. The molecule has 0 aliphatic carbocycles. The van der Waals surface area contributed by atoms with Crippen molar-refractivity contribution in [2.24, 2.45) is 0 Å². The Labute approximate surface area is 154 Å². The van der Waals surface area contributed by atoms with Crippen LogP contribution in [0.25, 0.3) is 10.9 Å². The van der Waals surface area contributed by atoms with E-state index in [9.17, 15) is 0 Å². The lowest BCUT2D eigenvalue weighted by Gasteiger charge is -2.05. The van der Waals surface area contributed by atoms with Crippen LogP contribution in [0, 0.1) is 0 Å². The van der Waals surface area contributed by atoms with Gasteiger partial charge in [0.1, 0.15) is 6.33 Å². The third kappa shape index (κ3) is 7.42. The maximum Gasteiger partial charge on any atom is 0.115 e. The molecule has 0 spiro atoms. The van der Waals surface area contributed by atoms with Gasteiger partial charge in [0.15, 0.2) is 0 Å². The van der Waals surface area contributed by atoms with Crippen molar-refractivity contribution in [1.82, 2.24) is 15.0 Å². The molecule has 0 bridgehead atoms. The summed E-state index contributed by atoms with van der Waals surface area (Å²) in [7, 11) is 0. The molecule has 0 fully saturated rings. The minimum absolute atomic E-state index is 0. The Hall–Kier alpha value is -2.29. The number of rotatable bonds is 2. The first kappa shape index (κ1) is 25.0. The van der Waals surface area contributed by atoms with Gasteiger partial charge in [-0.15, -0.1) is 0 Å². The van der Waals surface area contributed by atoms with Gasteiger partial charge in [0.05, 0.1) is 5.52 Å². The van der Waals surface area contributed by atoms with E-state index in [1.54, 1.807) is 6.33 Å². The highest BCUT2D eigenvalue weighted by molar-refractivity contribution is 5.78. The monoisotopic (exact) mass is 341 g/mol. The van der Waals surface area contributed by atoms with Gasteiger partial charge in [-0.2, -0.15) is 0 Å². The molecule has 0 amide bonds. The molecular weight excluding hydrogens is 306 g/mol. The number of benzene rings is 1. The lowest BCUT2D eigenvalue weighted by molar-refractivity contribution is 0.845. The molecule has 3 aromatic rings. The van der Waals surface area contributed by atoms with Crippen LogP contribution in [-0.4, -0.2) is 15.0 Å². The average Bonchev–Trinajstić information content (AvgIpc) is 2.55. The predicted octanol–water partition coefficient (Wildman–Crippen LogP) is 6.87. The Kier molecular flexibility index (Phi) is 12.1. The highest BCUT2D eigenvalue weighted by atomic mass is 14.8. The number of hydrogen-bond donors (Lipinski definition) is 0. The van der Waals surface area contributed by atoms with Gasteiger partial charge in [-0.3, -0.25) is 4.98 Å². The molecule has 0 aliphatic rings. The van der Waals surface area contributed by atoms with Crippen LogP contribution in [0.4, 0.5) is 0 Å². The molecule has 2 heterocycles. The Morgan fingerprint density at radius 1 is 0.720 bits per heavy atom. The summed E-state index contributed by atoms with van der Waals surface area (Å²) in [4.78, 5) is 12.2. The summed E-state index contributed by atoms with van der Waals surface area (Å²) in [6.07, 6.45) is 7.20. The van der Waals surface area contributed by atoms with E-state index in [1.165, 1.54) is 16.5 Å². The van der Waals surface area contributed by atoms with Crippen molar-refractivity contribution < 1.29 is 0 Å². The van der Waals surface area contributed by atoms with E-state index in [0.29, 0.717) is 11.8 Å². The largest absolute Gasteiger partial charge is 0.256 e. The molecule has 0 radical (unpaired) electrons. The van der Waals surface area contributed by atoms with Crippen molar-refractivity contribution in [2.75, 3.05) is 0 Å². The van der Waals surface area contributed by atoms with Crippen molar-refractivity contribution in [3.05, 3.63) is 66.4 Å². The first-order valence-corrected chi connectivity index (χ1v) is 7.67. The lowest BCUT2D eigenvalue weighted by Crippen LogP contribution is -1.88. The van der Waals surface area contributed by atoms with E-state index in [4.69, 9.17) is 0 Å². The molecule has 0 aliphatic heterocycles. The first-order chi connectivity index (χ1) is 10.6. The fourth-order valence-electron chi connectivity index (χ4n) is 2.01. The summed E-state index contributed by atoms with van der Waals surface area (Å²) in [6, 6.07) is 10.4. The Morgan fingerprint density at radius 2 is 1.28 bits per heavy atom. The third-order valence-corrected chi connectivity index (χ3v) is 3.53. The molecule has 3 heteroatoms. The molecule has 0 saturated carbocycles. The second-order valence-corrected chi connectivity index (χ2v) is 5.94. The van der Waals surface area contributed by atoms with Crippen LogP contribution < -0.4 is 0 Å². The topological polar surface area (TPSA) is 38.7 Å².